The molecule has 0 atom stereocenters. The van der Waals surface area contributed by atoms with E-state index in [9.17, 15) is 8.78 Å². The number of nitrogens with one attached hydrogen (secondary N) is 1. The van der Waals surface area contributed by atoms with Gasteiger partial charge in [0.15, 0.2) is 17.4 Å². The molecule has 1 aromatic carbocycles. The summed E-state index contributed by atoms with van der Waals surface area (Å²) in [4.78, 5) is 1.88. The summed E-state index contributed by atoms with van der Waals surface area (Å²) in [7, 11) is 1.37. The van der Waals surface area contributed by atoms with Gasteiger partial charge in [-0.1, -0.05) is 13.8 Å². The van der Waals surface area contributed by atoms with Crippen molar-refractivity contribution in [2.24, 2.45) is 0 Å². The van der Waals surface area contributed by atoms with Gasteiger partial charge in [-0.3, -0.25) is 0 Å². The van der Waals surface area contributed by atoms with Crippen LogP contribution >= 0.6 is 0 Å². The molecule has 8 heteroatoms. The molecule has 0 unspecified atom stereocenters. The molecule has 2 fully saturated rings. The molecule has 0 bridgehead atoms. The van der Waals surface area contributed by atoms with Crippen LogP contribution < -0.4 is 15.0 Å². The van der Waals surface area contributed by atoms with Crippen LogP contribution in [-0.2, 0) is 9.47 Å². The van der Waals surface area contributed by atoms with E-state index < -0.39 is 11.6 Å². The number of anilines is 1. The fraction of sp³-hybridized carbons (Fsp3) is 0.565. The van der Waals surface area contributed by atoms with Crippen LogP contribution in [0.3, 0.4) is 0 Å². The van der Waals surface area contributed by atoms with Crippen LogP contribution in [0.4, 0.5) is 14.5 Å². The maximum Gasteiger partial charge on any atom is 0.168 e. The maximum absolute atomic E-state index is 13.6. The summed E-state index contributed by atoms with van der Waals surface area (Å²) in [5.41, 5.74) is 0.403. The molecule has 0 aliphatic carbocycles. The Morgan fingerprint density at radius 1 is 1.03 bits per heavy atom. The molecule has 0 radical (unpaired) electrons. The van der Waals surface area contributed by atoms with Crippen molar-refractivity contribution in [1.29, 1.82) is 0 Å². The Bertz CT molecular complexity index is 725. The van der Waals surface area contributed by atoms with Crippen molar-refractivity contribution in [3.8, 4) is 5.75 Å². The Balaban J connectivity index is 0.000000263. The first kappa shape index (κ1) is 26.9. The zero-order valence-corrected chi connectivity index (χ0v) is 19.5. The molecule has 2 aromatic rings. The van der Waals surface area contributed by atoms with Gasteiger partial charge in [-0.2, -0.15) is 0 Å². The predicted molar refractivity (Wildman–Crippen MR) is 119 cm³/mol. The highest BCUT2D eigenvalue weighted by molar-refractivity contribution is 5.53. The second-order valence-electron chi connectivity index (χ2n) is 7.00. The number of hydrogen-bond acceptors (Lipinski definition) is 6. The molecule has 0 saturated carbocycles. The Morgan fingerprint density at radius 2 is 1.65 bits per heavy atom. The third-order valence-electron chi connectivity index (χ3n) is 4.33. The first-order chi connectivity index (χ1) is 14.8. The summed E-state index contributed by atoms with van der Waals surface area (Å²) < 4.78 is 46.7. The summed E-state index contributed by atoms with van der Waals surface area (Å²) >= 11 is 0. The van der Waals surface area contributed by atoms with Crippen LogP contribution in [0.5, 0.6) is 5.75 Å². The number of methoxy groups -OCH3 is 1. The molecule has 0 amide bonds. The number of piperazine rings is 1. The maximum atomic E-state index is 13.6. The topological polar surface area (TPSA) is 56.1 Å². The van der Waals surface area contributed by atoms with Crippen LogP contribution in [0.15, 0.2) is 34.9 Å². The molecule has 31 heavy (non-hydrogen) atoms. The molecule has 2 aliphatic rings. The molecular formula is C23H36F2N2O4. The minimum atomic E-state index is -0.668. The van der Waals surface area contributed by atoms with Crippen LogP contribution in [0.2, 0.25) is 0 Å². The zero-order chi connectivity index (χ0) is 23.3. The lowest BCUT2D eigenvalue weighted by molar-refractivity contribution is -0.125. The summed E-state index contributed by atoms with van der Waals surface area (Å²) in [6, 6.07) is 6.07. The number of hydrogen-bond donors (Lipinski definition) is 1. The Labute approximate surface area is 184 Å². The number of halogens is 2. The van der Waals surface area contributed by atoms with Crippen molar-refractivity contribution in [1.82, 2.24) is 5.32 Å². The van der Waals surface area contributed by atoms with E-state index >= 15 is 0 Å². The molecule has 4 rings (SSSR count). The third kappa shape index (κ3) is 9.67. The van der Waals surface area contributed by atoms with E-state index in [2.05, 4.69) is 5.32 Å². The first-order valence-electron chi connectivity index (χ1n) is 10.6. The summed E-state index contributed by atoms with van der Waals surface area (Å²) in [6.07, 6.45) is 1.66. The zero-order valence-electron chi connectivity index (χ0n) is 19.5. The summed E-state index contributed by atoms with van der Waals surface area (Å²) in [5.74, 6) is -0.469. The highest BCUT2D eigenvalue weighted by Gasteiger charge is 2.23. The average molecular weight is 443 g/mol. The first-order valence-corrected chi connectivity index (χ1v) is 10.6. The fourth-order valence-electron chi connectivity index (χ4n) is 2.80. The van der Waals surface area contributed by atoms with Gasteiger partial charge in [0.1, 0.15) is 11.6 Å². The van der Waals surface area contributed by atoms with Crippen molar-refractivity contribution < 1.29 is 27.4 Å². The van der Waals surface area contributed by atoms with E-state index in [-0.39, 0.29) is 11.5 Å². The van der Waals surface area contributed by atoms with E-state index in [1.165, 1.54) is 13.2 Å². The highest BCUT2D eigenvalue weighted by atomic mass is 19.1. The summed E-state index contributed by atoms with van der Waals surface area (Å²) in [6.45, 7) is 14.3. The summed E-state index contributed by atoms with van der Waals surface area (Å²) in [5, 5.41) is 3.17. The van der Waals surface area contributed by atoms with Crippen molar-refractivity contribution in [3.63, 3.8) is 0 Å². The SMILES string of the molecule is CC.CC1(C)OCCO1.COc1cc(N2CCNCC2)c(F)cc1F.Cc1ccco1. The van der Waals surface area contributed by atoms with Gasteiger partial charge in [0.05, 0.1) is 32.3 Å². The fourth-order valence-corrected chi connectivity index (χ4v) is 2.80. The van der Waals surface area contributed by atoms with Gasteiger partial charge < -0.3 is 28.8 Å². The number of benzene rings is 1. The van der Waals surface area contributed by atoms with Gasteiger partial charge in [-0.15, -0.1) is 0 Å². The molecule has 0 spiro atoms. The molecule has 1 N–H and O–H groups in total. The molecule has 2 saturated heterocycles. The number of ether oxygens (including phenoxy) is 3. The molecule has 176 valence electrons. The lowest BCUT2D eigenvalue weighted by Gasteiger charge is -2.29. The smallest absolute Gasteiger partial charge is 0.168 e. The quantitative estimate of drug-likeness (QED) is 0.723. The number of rotatable bonds is 2. The van der Waals surface area contributed by atoms with Gasteiger partial charge in [-0.05, 0) is 32.9 Å². The van der Waals surface area contributed by atoms with E-state index in [1.807, 2.05) is 51.7 Å². The second-order valence-corrected chi connectivity index (χ2v) is 7.00. The number of aryl methyl sites for hydroxylation is 1. The van der Waals surface area contributed by atoms with E-state index in [0.29, 0.717) is 18.8 Å². The van der Waals surface area contributed by atoms with Gasteiger partial charge in [0.25, 0.3) is 0 Å². The monoisotopic (exact) mass is 442 g/mol. The van der Waals surface area contributed by atoms with Gasteiger partial charge in [-0.25, -0.2) is 8.78 Å². The molecular weight excluding hydrogens is 406 g/mol. The van der Waals surface area contributed by atoms with Crippen LogP contribution in [0.1, 0.15) is 33.5 Å². The van der Waals surface area contributed by atoms with E-state index in [1.54, 1.807) is 6.26 Å². The van der Waals surface area contributed by atoms with Crippen LogP contribution in [-0.4, -0.2) is 52.3 Å². The van der Waals surface area contributed by atoms with Crippen molar-refractivity contribution in [2.75, 3.05) is 51.4 Å². The van der Waals surface area contributed by atoms with Crippen LogP contribution in [0.25, 0.3) is 0 Å². The number of furan rings is 1. The Hall–Kier alpha value is -2.16. The van der Waals surface area contributed by atoms with Crippen molar-refractivity contribution in [2.45, 2.75) is 40.4 Å². The largest absolute Gasteiger partial charge is 0.494 e. The highest BCUT2D eigenvalue weighted by Crippen LogP contribution is 2.28. The second kappa shape index (κ2) is 14.0. The normalized spacial score (nSPS) is 16.7. The minimum absolute atomic E-state index is 0.0786. The standard InChI is InChI=1S/C11H14F2N2O.C5H10O2.C5H6O.C2H6/c1-16-11-7-10(8(12)6-9(11)13)15-4-2-14-3-5-15;1-5(2)6-3-4-7-5;1-5-3-2-4-6-5;1-2/h6-7,14H,2-5H2,1H3;3-4H2,1-2H3;2-4H,1H3;1-2H3. The van der Waals surface area contributed by atoms with E-state index in [0.717, 1.165) is 38.1 Å². The van der Waals surface area contributed by atoms with Gasteiger partial charge >= 0.3 is 0 Å². The average Bonchev–Trinajstić information content (AvgIpc) is 3.41. The molecule has 3 heterocycles. The van der Waals surface area contributed by atoms with Crippen molar-refractivity contribution in [3.05, 3.63) is 47.9 Å². The van der Waals surface area contributed by atoms with E-state index in [4.69, 9.17) is 18.6 Å². The molecule has 1 aromatic heterocycles. The molecule has 2 aliphatic heterocycles. The Kier molecular flexibility index (Phi) is 12.1. The Morgan fingerprint density at radius 3 is 2.03 bits per heavy atom. The van der Waals surface area contributed by atoms with Crippen LogP contribution in [0, 0.1) is 18.6 Å². The molecule has 6 nitrogen and oxygen atoms in total. The number of nitrogens with zero attached hydrogens (tertiary/aromatic N) is 1. The minimum Gasteiger partial charge on any atom is -0.494 e. The lowest BCUT2D eigenvalue weighted by Crippen LogP contribution is -2.43. The van der Waals surface area contributed by atoms with Crippen molar-refractivity contribution >= 4 is 5.69 Å². The predicted octanol–water partition coefficient (Wildman–Crippen LogP) is 4.77. The lowest BCUT2D eigenvalue weighted by atomic mass is 10.2. The van der Waals surface area contributed by atoms with Gasteiger partial charge in [0, 0.05) is 38.3 Å². The third-order valence-corrected chi connectivity index (χ3v) is 4.33. The van der Waals surface area contributed by atoms with Gasteiger partial charge in [0.2, 0.25) is 0 Å².